The van der Waals surface area contributed by atoms with Gasteiger partial charge in [-0.1, -0.05) is 5.57 Å². The average molecular weight is 404 g/mol. The summed E-state index contributed by atoms with van der Waals surface area (Å²) in [6, 6.07) is 0. The zero-order chi connectivity index (χ0) is 21.6. The van der Waals surface area contributed by atoms with Crippen LogP contribution in [0, 0.1) is 0 Å². The summed E-state index contributed by atoms with van der Waals surface area (Å²) < 4.78 is 5.52. The maximum Gasteiger partial charge on any atom is 0.410 e. The van der Waals surface area contributed by atoms with Crippen molar-refractivity contribution in [2.24, 2.45) is 0 Å². The van der Waals surface area contributed by atoms with Crippen LogP contribution in [0.5, 0.6) is 0 Å². The van der Waals surface area contributed by atoms with Crippen molar-refractivity contribution in [3.8, 4) is 0 Å². The molecular weight excluding hydrogens is 366 g/mol. The molecule has 0 aromatic heterocycles. The van der Waals surface area contributed by atoms with Crippen LogP contribution in [0.4, 0.5) is 4.79 Å². The maximum absolute atomic E-state index is 13.1. The van der Waals surface area contributed by atoms with E-state index in [0.717, 1.165) is 43.4 Å². The largest absolute Gasteiger partial charge is 0.444 e. The molecule has 2 saturated heterocycles. The highest BCUT2D eigenvalue weighted by molar-refractivity contribution is 6.00. The van der Waals surface area contributed by atoms with Gasteiger partial charge >= 0.3 is 6.09 Å². The molecule has 2 fully saturated rings. The highest BCUT2D eigenvalue weighted by Crippen LogP contribution is 2.39. The molecule has 0 aromatic carbocycles. The van der Waals surface area contributed by atoms with Crippen LogP contribution >= 0.6 is 0 Å². The fourth-order valence-corrected chi connectivity index (χ4v) is 4.46. The summed E-state index contributed by atoms with van der Waals surface area (Å²) in [4.78, 5) is 29.6. The summed E-state index contributed by atoms with van der Waals surface area (Å²) >= 11 is 0. The zero-order valence-electron chi connectivity index (χ0n) is 19.1. The molecule has 6 heteroatoms. The monoisotopic (exact) mass is 403 g/mol. The Morgan fingerprint density at radius 1 is 1.10 bits per heavy atom. The first-order valence-electron chi connectivity index (χ1n) is 10.8. The topological polar surface area (TPSA) is 61.9 Å². The molecule has 0 saturated carbocycles. The van der Waals surface area contributed by atoms with Gasteiger partial charge in [-0.3, -0.25) is 4.79 Å². The van der Waals surface area contributed by atoms with Crippen molar-refractivity contribution >= 4 is 12.0 Å². The number of ether oxygens (including phenoxy) is 1. The van der Waals surface area contributed by atoms with Crippen molar-refractivity contribution in [3.63, 3.8) is 0 Å². The van der Waals surface area contributed by atoms with E-state index in [9.17, 15) is 9.59 Å². The van der Waals surface area contributed by atoms with Crippen molar-refractivity contribution in [3.05, 3.63) is 22.9 Å². The smallest absolute Gasteiger partial charge is 0.410 e. The number of piperidine rings is 2. The van der Waals surface area contributed by atoms with E-state index in [-0.39, 0.29) is 23.1 Å². The fraction of sp³-hybridized carbons (Fsp3) is 0.739. The van der Waals surface area contributed by atoms with E-state index in [1.165, 1.54) is 5.57 Å². The van der Waals surface area contributed by atoms with Crippen molar-refractivity contribution < 1.29 is 14.3 Å². The van der Waals surface area contributed by atoms with E-state index >= 15 is 0 Å². The van der Waals surface area contributed by atoms with Crippen LogP contribution in [-0.4, -0.2) is 58.1 Å². The van der Waals surface area contributed by atoms with Gasteiger partial charge in [-0.2, -0.15) is 0 Å². The molecule has 1 spiro atoms. The van der Waals surface area contributed by atoms with E-state index in [1.807, 2.05) is 20.8 Å². The van der Waals surface area contributed by atoms with E-state index in [4.69, 9.17) is 4.74 Å². The lowest BCUT2D eigenvalue weighted by Crippen LogP contribution is -2.59. The molecule has 3 aliphatic heterocycles. The molecule has 0 radical (unpaired) electrons. The van der Waals surface area contributed by atoms with Gasteiger partial charge in [0.2, 0.25) is 0 Å². The standard InChI is InChI=1S/C23H37N3O3/c1-16-8-11-26(21(2,3)4)15-17-14-23(24-19(27)18(16)17)9-12-25(13-10-23)20(28)29-22(5,6)7/h15H,8-14H2,1-7H3,(H,24,27). The van der Waals surface area contributed by atoms with Crippen LogP contribution in [0.2, 0.25) is 0 Å². The predicted molar refractivity (Wildman–Crippen MR) is 114 cm³/mol. The molecule has 29 heavy (non-hydrogen) atoms. The van der Waals surface area contributed by atoms with Gasteiger partial charge in [0.1, 0.15) is 5.60 Å². The second kappa shape index (κ2) is 7.37. The Balaban J connectivity index is 1.78. The Kier molecular flexibility index (Phi) is 5.52. The third-order valence-electron chi connectivity index (χ3n) is 6.16. The molecule has 3 heterocycles. The number of likely N-dealkylation sites (tertiary alicyclic amines) is 1. The third-order valence-corrected chi connectivity index (χ3v) is 6.16. The molecule has 0 aromatic rings. The van der Waals surface area contributed by atoms with E-state index in [0.29, 0.717) is 13.1 Å². The van der Waals surface area contributed by atoms with Gasteiger partial charge in [0.15, 0.2) is 0 Å². The first-order valence-corrected chi connectivity index (χ1v) is 10.8. The van der Waals surface area contributed by atoms with Crippen LogP contribution in [0.1, 0.15) is 74.1 Å². The summed E-state index contributed by atoms with van der Waals surface area (Å²) in [5.74, 6) is 0.0430. The van der Waals surface area contributed by atoms with Gasteiger partial charge in [0.05, 0.1) is 0 Å². The quantitative estimate of drug-likeness (QED) is 0.665. The number of hydrogen-bond donors (Lipinski definition) is 1. The van der Waals surface area contributed by atoms with Crippen molar-refractivity contribution in [1.29, 1.82) is 0 Å². The number of nitrogens with one attached hydrogen (secondary N) is 1. The van der Waals surface area contributed by atoms with E-state index in [2.05, 4.69) is 44.1 Å². The lowest BCUT2D eigenvalue weighted by molar-refractivity contribution is -0.120. The van der Waals surface area contributed by atoms with Gasteiger partial charge in [-0.05, 0) is 79.7 Å². The molecule has 0 aliphatic carbocycles. The van der Waals surface area contributed by atoms with Crippen molar-refractivity contribution in [2.45, 2.75) is 90.8 Å². The molecule has 1 N–H and O–H groups in total. The van der Waals surface area contributed by atoms with Gasteiger partial charge in [-0.25, -0.2) is 4.79 Å². The highest BCUT2D eigenvalue weighted by Gasteiger charge is 2.44. The SMILES string of the molecule is CC1=C2C(=O)NC3(CCN(C(=O)OC(C)(C)C)CC3)CC2=CN(C(C)(C)C)CC1. The molecule has 6 nitrogen and oxygen atoms in total. The van der Waals surface area contributed by atoms with Gasteiger partial charge in [-0.15, -0.1) is 0 Å². The second-order valence-corrected chi connectivity index (χ2v) is 10.8. The number of amides is 2. The number of carbonyl (C=O) groups excluding carboxylic acids is 2. The summed E-state index contributed by atoms with van der Waals surface area (Å²) in [7, 11) is 0. The fourth-order valence-electron chi connectivity index (χ4n) is 4.46. The van der Waals surface area contributed by atoms with Crippen LogP contribution in [0.15, 0.2) is 22.9 Å². The molecule has 162 valence electrons. The Labute approximate surface area is 175 Å². The highest BCUT2D eigenvalue weighted by atomic mass is 16.6. The molecular formula is C23H37N3O3. The van der Waals surface area contributed by atoms with Crippen molar-refractivity contribution in [2.75, 3.05) is 19.6 Å². The van der Waals surface area contributed by atoms with Crippen LogP contribution in [0.3, 0.4) is 0 Å². The minimum Gasteiger partial charge on any atom is -0.444 e. The van der Waals surface area contributed by atoms with E-state index < -0.39 is 5.60 Å². The van der Waals surface area contributed by atoms with Crippen LogP contribution in [0.25, 0.3) is 0 Å². The minimum absolute atomic E-state index is 0.0178. The van der Waals surface area contributed by atoms with Gasteiger partial charge < -0.3 is 19.9 Å². The number of hydrogen-bond acceptors (Lipinski definition) is 4. The molecule has 0 unspecified atom stereocenters. The Morgan fingerprint density at radius 2 is 1.72 bits per heavy atom. The maximum atomic E-state index is 13.1. The third kappa shape index (κ3) is 4.78. The predicted octanol–water partition coefficient (Wildman–Crippen LogP) is 3.98. The Morgan fingerprint density at radius 3 is 2.28 bits per heavy atom. The van der Waals surface area contributed by atoms with Crippen molar-refractivity contribution in [1.82, 2.24) is 15.1 Å². The normalized spacial score (nSPS) is 22.7. The van der Waals surface area contributed by atoms with Crippen LogP contribution in [-0.2, 0) is 9.53 Å². The molecule has 3 aliphatic rings. The minimum atomic E-state index is -0.496. The Hall–Kier alpha value is -1.98. The summed E-state index contributed by atoms with van der Waals surface area (Å²) in [6.07, 6.45) is 5.17. The van der Waals surface area contributed by atoms with Gasteiger partial charge in [0.25, 0.3) is 5.91 Å². The number of rotatable bonds is 0. The second-order valence-electron chi connectivity index (χ2n) is 10.8. The Bertz CT molecular complexity index is 744. The first kappa shape index (κ1) is 21.7. The van der Waals surface area contributed by atoms with E-state index in [1.54, 1.807) is 4.90 Å². The summed E-state index contributed by atoms with van der Waals surface area (Å²) in [5.41, 5.74) is 2.43. The lowest BCUT2D eigenvalue weighted by atomic mass is 9.76. The lowest BCUT2D eigenvalue weighted by Gasteiger charge is -2.46. The first-order chi connectivity index (χ1) is 13.3. The number of nitrogens with zero attached hydrogens (tertiary/aromatic N) is 2. The number of carbonyl (C=O) groups is 2. The number of fused-ring (bicyclic) bond motifs is 1. The summed E-state index contributed by atoms with van der Waals surface area (Å²) in [6.45, 7) is 16.5. The van der Waals surface area contributed by atoms with Crippen LogP contribution < -0.4 is 5.32 Å². The molecule has 0 atom stereocenters. The molecule has 0 bridgehead atoms. The molecule has 3 rings (SSSR count). The molecule has 2 amide bonds. The summed E-state index contributed by atoms with van der Waals surface area (Å²) in [5, 5.41) is 3.32. The average Bonchev–Trinajstić information content (AvgIpc) is 2.72. The zero-order valence-corrected chi connectivity index (χ0v) is 19.1. The van der Waals surface area contributed by atoms with Gasteiger partial charge in [0, 0.05) is 42.5 Å².